The van der Waals surface area contributed by atoms with Crippen molar-refractivity contribution in [2.24, 2.45) is 0 Å². The summed E-state index contributed by atoms with van der Waals surface area (Å²) in [6, 6.07) is 16.5. The minimum absolute atomic E-state index is 0.861. The number of rotatable bonds is 2. The molecule has 0 bridgehead atoms. The molecule has 0 spiro atoms. The summed E-state index contributed by atoms with van der Waals surface area (Å²) < 4.78 is 5.17. The second-order valence-electron chi connectivity index (χ2n) is 4.65. The molecule has 1 aromatic heterocycles. The van der Waals surface area contributed by atoms with E-state index in [2.05, 4.69) is 36.2 Å². The van der Waals surface area contributed by atoms with Crippen molar-refractivity contribution in [1.82, 2.24) is 4.98 Å². The van der Waals surface area contributed by atoms with Crippen molar-refractivity contribution in [3.63, 3.8) is 0 Å². The van der Waals surface area contributed by atoms with Crippen LogP contribution < -0.4 is 4.74 Å². The number of hydrogen-bond acceptors (Lipinski definition) is 2. The van der Waals surface area contributed by atoms with Gasteiger partial charge in [-0.2, -0.15) is 0 Å². The molecular weight excluding hydrogens is 234 g/mol. The van der Waals surface area contributed by atoms with Gasteiger partial charge in [-0.1, -0.05) is 17.7 Å². The lowest BCUT2D eigenvalue weighted by molar-refractivity contribution is 0.415. The van der Waals surface area contributed by atoms with Crippen LogP contribution in [0.25, 0.3) is 22.0 Å². The SMILES string of the molecule is COc1ccc(-c2cc3ccc(C)cc3cn2)cc1. The maximum atomic E-state index is 5.17. The maximum Gasteiger partial charge on any atom is 0.118 e. The Balaban J connectivity index is 2.06. The van der Waals surface area contributed by atoms with Crippen molar-refractivity contribution in [2.45, 2.75) is 6.92 Å². The van der Waals surface area contributed by atoms with E-state index in [0.29, 0.717) is 0 Å². The van der Waals surface area contributed by atoms with E-state index in [1.54, 1.807) is 7.11 Å². The Labute approximate surface area is 112 Å². The Morgan fingerprint density at radius 3 is 2.42 bits per heavy atom. The average molecular weight is 249 g/mol. The van der Waals surface area contributed by atoms with Gasteiger partial charge in [0.15, 0.2) is 0 Å². The van der Waals surface area contributed by atoms with Gasteiger partial charge in [0.25, 0.3) is 0 Å². The third-order valence-electron chi connectivity index (χ3n) is 3.26. The molecule has 0 aliphatic rings. The van der Waals surface area contributed by atoms with Crippen LogP contribution in [0.2, 0.25) is 0 Å². The maximum absolute atomic E-state index is 5.17. The minimum Gasteiger partial charge on any atom is -0.497 e. The zero-order chi connectivity index (χ0) is 13.2. The highest BCUT2D eigenvalue weighted by atomic mass is 16.5. The highest BCUT2D eigenvalue weighted by Crippen LogP contribution is 2.24. The second-order valence-corrected chi connectivity index (χ2v) is 4.65. The van der Waals surface area contributed by atoms with Crippen LogP contribution in [0.15, 0.2) is 54.7 Å². The number of ether oxygens (including phenoxy) is 1. The van der Waals surface area contributed by atoms with Gasteiger partial charge in [0.05, 0.1) is 12.8 Å². The number of hydrogen-bond donors (Lipinski definition) is 0. The average Bonchev–Trinajstić information content (AvgIpc) is 2.47. The molecule has 0 saturated heterocycles. The molecule has 0 N–H and O–H groups in total. The number of aromatic nitrogens is 1. The van der Waals surface area contributed by atoms with Crippen molar-refractivity contribution in [3.05, 3.63) is 60.3 Å². The van der Waals surface area contributed by atoms with Crippen LogP contribution in [-0.2, 0) is 0 Å². The molecule has 3 aromatic rings. The van der Waals surface area contributed by atoms with Crippen molar-refractivity contribution in [2.75, 3.05) is 7.11 Å². The zero-order valence-electron chi connectivity index (χ0n) is 11.1. The van der Waals surface area contributed by atoms with E-state index >= 15 is 0 Å². The predicted octanol–water partition coefficient (Wildman–Crippen LogP) is 4.22. The third-order valence-corrected chi connectivity index (χ3v) is 3.26. The number of benzene rings is 2. The number of pyridine rings is 1. The van der Waals surface area contributed by atoms with Gasteiger partial charge in [-0.15, -0.1) is 0 Å². The molecular formula is C17H15NO. The summed E-state index contributed by atoms with van der Waals surface area (Å²) >= 11 is 0. The predicted molar refractivity (Wildman–Crippen MR) is 78.5 cm³/mol. The van der Waals surface area contributed by atoms with Crippen LogP contribution in [-0.4, -0.2) is 12.1 Å². The topological polar surface area (TPSA) is 22.1 Å². The Morgan fingerprint density at radius 2 is 1.68 bits per heavy atom. The molecule has 0 aliphatic heterocycles. The summed E-state index contributed by atoms with van der Waals surface area (Å²) in [6.07, 6.45) is 1.93. The van der Waals surface area contributed by atoms with Crippen molar-refractivity contribution >= 4 is 10.8 Å². The van der Waals surface area contributed by atoms with E-state index in [1.165, 1.54) is 16.3 Å². The fourth-order valence-electron chi connectivity index (χ4n) is 2.18. The van der Waals surface area contributed by atoms with Crippen LogP contribution in [0, 0.1) is 6.92 Å². The molecule has 0 radical (unpaired) electrons. The summed E-state index contributed by atoms with van der Waals surface area (Å²) in [4.78, 5) is 4.53. The molecule has 19 heavy (non-hydrogen) atoms. The van der Waals surface area contributed by atoms with Crippen LogP contribution in [0.5, 0.6) is 5.75 Å². The first-order valence-corrected chi connectivity index (χ1v) is 6.27. The fraction of sp³-hybridized carbons (Fsp3) is 0.118. The first kappa shape index (κ1) is 11.7. The Hall–Kier alpha value is -2.35. The molecule has 2 nitrogen and oxygen atoms in total. The third kappa shape index (κ3) is 2.29. The summed E-state index contributed by atoms with van der Waals surface area (Å²) in [6.45, 7) is 2.09. The summed E-state index contributed by atoms with van der Waals surface area (Å²) in [5.74, 6) is 0.861. The fourth-order valence-corrected chi connectivity index (χ4v) is 2.18. The Kier molecular flexibility index (Phi) is 2.92. The zero-order valence-corrected chi connectivity index (χ0v) is 11.1. The number of fused-ring (bicyclic) bond motifs is 1. The summed E-state index contributed by atoms with van der Waals surface area (Å²) in [5.41, 5.74) is 3.34. The number of methoxy groups -OCH3 is 1. The van der Waals surface area contributed by atoms with Gasteiger partial charge in [-0.05, 0) is 48.7 Å². The number of nitrogens with zero attached hydrogens (tertiary/aromatic N) is 1. The molecule has 2 aromatic carbocycles. The van der Waals surface area contributed by atoms with E-state index in [9.17, 15) is 0 Å². The lowest BCUT2D eigenvalue weighted by atomic mass is 10.1. The molecule has 0 unspecified atom stereocenters. The lowest BCUT2D eigenvalue weighted by Crippen LogP contribution is -1.86. The van der Waals surface area contributed by atoms with E-state index in [-0.39, 0.29) is 0 Å². The summed E-state index contributed by atoms with van der Waals surface area (Å²) in [5, 5.41) is 2.39. The van der Waals surface area contributed by atoms with E-state index < -0.39 is 0 Å². The molecule has 0 aliphatic carbocycles. The van der Waals surface area contributed by atoms with Crippen molar-refractivity contribution in [3.8, 4) is 17.0 Å². The van der Waals surface area contributed by atoms with E-state index in [4.69, 9.17) is 4.74 Å². The van der Waals surface area contributed by atoms with Gasteiger partial charge in [0.1, 0.15) is 5.75 Å². The Bertz CT molecular complexity index is 717. The van der Waals surface area contributed by atoms with Gasteiger partial charge in [-0.25, -0.2) is 0 Å². The van der Waals surface area contributed by atoms with Crippen molar-refractivity contribution in [1.29, 1.82) is 0 Å². The lowest BCUT2D eigenvalue weighted by Gasteiger charge is -2.05. The Morgan fingerprint density at radius 1 is 0.895 bits per heavy atom. The van der Waals surface area contributed by atoms with Crippen LogP contribution in [0.4, 0.5) is 0 Å². The first-order valence-electron chi connectivity index (χ1n) is 6.27. The highest BCUT2D eigenvalue weighted by molar-refractivity contribution is 5.85. The smallest absolute Gasteiger partial charge is 0.118 e. The molecule has 0 fully saturated rings. The molecule has 0 saturated carbocycles. The van der Waals surface area contributed by atoms with Gasteiger partial charge < -0.3 is 4.74 Å². The second kappa shape index (κ2) is 4.73. The largest absolute Gasteiger partial charge is 0.497 e. The molecule has 2 heteroatoms. The molecule has 3 rings (SSSR count). The highest BCUT2D eigenvalue weighted by Gasteiger charge is 2.02. The van der Waals surface area contributed by atoms with Crippen LogP contribution in [0.3, 0.4) is 0 Å². The van der Waals surface area contributed by atoms with Crippen LogP contribution in [0.1, 0.15) is 5.56 Å². The quantitative estimate of drug-likeness (QED) is 0.678. The molecule has 0 atom stereocenters. The standard InChI is InChI=1S/C17H15NO/c1-12-3-4-14-10-17(18-11-15(14)9-12)13-5-7-16(19-2)8-6-13/h3-11H,1-2H3. The van der Waals surface area contributed by atoms with E-state index in [0.717, 1.165) is 17.0 Å². The van der Waals surface area contributed by atoms with Gasteiger partial charge in [-0.3, -0.25) is 4.98 Å². The molecule has 0 amide bonds. The minimum atomic E-state index is 0.861. The van der Waals surface area contributed by atoms with Gasteiger partial charge in [0.2, 0.25) is 0 Å². The van der Waals surface area contributed by atoms with Crippen LogP contribution >= 0.6 is 0 Å². The summed E-state index contributed by atoms with van der Waals surface area (Å²) in [7, 11) is 1.67. The first-order chi connectivity index (χ1) is 9.26. The van der Waals surface area contributed by atoms with E-state index in [1.807, 2.05) is 30.5 Å². The molecule has 1 heterocycles. The monoisotopic (exact) mass is 249 g/mol. The van der Waals surface area contributed by atoms with Gasteiger partial charge >= 0.3 is 0 Å². The van der Waals surface area contributed by atoms with Crippen molar-refractivity contribution < 1.29 is 4.74 Å². The number of aryl methyl sites for hydroxylation is 1. The normalized spacial score (nSPS) is 10.6. The van der Waals surface area contributed by atoms with Gasteiger partial charge in [0, 0.05) is 17.1 Å². The molecule has 94 valence electrons.